The van der Waals surface area contributed by atoms with Crippen LogP contribution in [0.2, 0.25) is 0 Å². The number of carbonyl (C=O) groups is 1. The van der Waals surface area contributed by atoms with E-state index in [1.807, 2.05) is 30.3 Å². The molecule has 0 aliphatic heterocycles. The Morgan fingerprint density at radius 1 is 1.15 bits per heavy atom. The fourth-order valence-corrected chi connectivity index (χ4v) is 3.69. The lowest BCUT2D eigenvalue weighted by Crippen LogP contribution is -2.21. The Balaban J connectivity index is 1.71. The van der Waals surface area contributed by atoms with Crippen LogP contribution in [0, 0.1) is 0 Å². The summed E-state index contributed by atoms with van der Waals surface area (Å²) in [6.07, 6.45) is 0. The van der Waals surface area contributed by atoms with Gasteiger partial charge in [-0.25, -0.2) is 4.98 Å². The Morgan fingerprint density at radius 2 is 1.89 bits per heavy atom. The third kappa shape index (κ3) is 4.46. The second-order valence-corrected chi connectivity index (χ2v) is 6.79. The van der Waals surface area contributed by atoms with Gasteiger partial charge in [0.15, 0.2) is 5.13 Å². The van der Waals surface area contributed by atoms with E-state index in [0.29, 0.717) is 11.3 Å². The summed E-state index contributed by atoms with van der Waals surface area (Å²) >= 11 is 1.65. The van der Waals surface area contributed by atoms with Crippen molar-refractivity contribution >= 4 is 28.1 Å². The molecule has 0 atom stereocenters. The van der Waals surface area contributed by atoms with Crippen molar-refractivity contribution in [3.8, 4) is 17.0 Å². The lowest BCUT2D eigenvalue weighted by Gasteiger charge is -2.16. The average Bonchev–Trinajstić information content (AvgIpc) is 3.19. The number of hydrogen-bond acceptors (Lipinski definition) is 5. The van der Waals surface area contributed by atoms with Gasteiger partial charge in [-0.3, -0.25) is 4.79 Å². The number of ether oxygens (including phenoxy) is 1. The molecule has 1 amide bonds. The van der Waals surface area contributed by atoms with Crippen molar-refractivity contribution in [3.63, 3.8) is 0 Å². The van der Waals surface area contributed by atoms with Crippen molar-refractivity contribution in [1.29, 1.82) is 0 Å². The van der Waals surface area contributed by atoms with Gasteiger partial charge in [-0.15, -0.1) is 11.3 Å². The summed E-state index contributed by atoms with van der Waals surface area (Å²) < 4.78 is 5.17. The topological polar surface area (TPSA) is 54.5 Å². The molecule has 1 N–H and O–H groups in total. The van der Waals surface area contributed by atoms with E-state index in [0.717, 1.165) is 35.2 Å². The fourth-order valence-electron chi connectivity index (χ4n) is 2.73. The summed E-state index contributed by atoms with van der Waals surface area (Å²) in [5.74, 6) is 0.490. The molecule has 27 heavy (non-hydrogen) atoms. The first kappa shape index (κ1) is 18.9. The molecule has 3 rings (SSSR count). The number of hydrogen-bond donors (Lipinski definition) is 1. The van der Waals surface area contributed by atoms with Crippen LogP contribution in [0.5, 0.6) is 5.75 Å². The summed E-state index contributed by atoms with van der Waals surface area (Å²) in [7, 11) is 1.58. The molecule has 0 aliphatic rings. The van der Waals surface area contributed by atoms with E-state index in [2.05, 4.69) is 29.4 Å². The summed E-state index contributed by atoms with van der Waals surface area (Å²) in [6, 6.07) is 14.8. The van der Waals surface area contributed by atoms with Gasteiger partial charge in [0.1, 0.15) is 5.75 Å². The highest BCUT2D eigenvalue weighted by atomic mass is 32.1. The molecule has 0 spiro atoms. The highest BCUT2D eigenvalue weighted by molar-refractivity contribution is 7.14. The normalized spacial score (nSPS) is 10.5. The first-order valence-electron chi connectivity index (χ1n) is 8.91. The molecule has 0 aliphatic carbocycles. The number of rotatable bonds is 7. The van der Waals surface area contributed by atoms with E-state index >= 15 is 0 Å². The number of nitrogens with zero attached hydrogens (tertiary/aromatic N) is 2. The van der Waals surface area contributed by atoms with Crippen LogP contribution in [-0.2, 0) is 0 Å². The second-order valence-electron chi connectivity index (χ2n) is 5.95. The van der Waals surface area contributed by atoms with Gasteiger partial charge in [0.25, 0.3) is 5.91 Å². The monoisotopic (exact) mass is 381 g/mol. The van der Waals surface area contributed by atoms with E-state index < -0.39 is 0 Å². The quantitative estimate of drug-likeness (QED) is 0.631. The van der Waals surface area contributed by atoms with Crippen molar-refractivity contribution in [2.45, 2.75) is 13.8 Å². The van der Waals surface area contributed by atoms with Crippen LogP contribution in [0.3, 0.4) is 0 Å². The molecule has 5 nitrogen and oxygen atoms in total. The summed E-state index contributed by atoms with van der Waals surface area (Å²) in [4.78, 5) is 19.4. The number of amides is 1. The third-order valence-electron chi connectivity index (χ3n) is 4.30. The predicted molar refractivity (Wildman–Crippen MR) is 112 cm³/mol. The second kappa shape index (κ2) is 8.68. The number of methoxy groups -OCH3 is 1. The summed E-state index contributed by atoms with van der Waals surface area (Å²) in [5.41, 5.74) is 3.28. The molecule has 140 valence electrons. The Kier molecular flexibility index (Phi) is 6.08. The van der Waals surface area contributed by atoms with Gasteiger partial charge in [0.2, 0.25) is 0 Å². The van der Waals surface area contributed by atoms with Gasteiger partial charge in [-0.2, -0.15) is 0 Å². The minimum absolute atomic E-state index is 0.167. The first-order chi connectivity index (χ1) is 13.1. The van der Waals surface area contributed by atoms with Crippen molar-refractivity contribution in [2.24, 2.45) is 0 Å². The lowest BCUT2D eigenvalue weighted by molar-refractivity contribution is 0.102. The number of benzene rings is 2. The molecule has 6 heteroatoms. The van der Waals surface area contributed by atoms with Gasteiger partial charge < -0.3 is 15.0 Å². The highest BCUT2D eigenvalue weighted by Crippen LogP contribution is 2.28. The maximum atomic E-state index is 12.4. The van der Waals surface area contributed by atoms with Crippen LogP contribution in [-0.4, -0.2) is 31.1 Å². The van der Waals surface area contributed by atoms with E-state index in [-0.39, 0.29) is 5.91 Å². The van der Waals surface area contributed by atoms with Crippen LogP contribution in [0.4, 0.5) is 10.8 Å². The number of thiazole rings is 1. The summed E-state index contributed by atoms with van der Waals surface area (Å²) in [6.45, 7) is 6.14. The molecule has 2 aromatic carbocycles. The van der Waals surface area contributed by atoms with Gasteiger partial charge >= 0.3 is 0 Å². The zero-order valence-electron chi connectivity index (χ0n) is 15.7. The third-order valence-corrected chi connectivity index (χ3v) is 5.20. The van der Waals surface area contributed by atoms with Crippen LogP contribution < -0.4 is 15.0 Å². The number of anilines is 2. The molecular formula is C21H23N3O2S. The van der Waals surface area contributed by atoms with Crippen molar-refractivity contribution in [3.05, 3.63) is 59.5 Å². The van der Waals surface area contributed by atoms with Gasteiger partial charge in [-0.05, 0) is 44.2 Å². The van der Waals surface area contributed by atoms with Gasteiger partial charge in [0, 0.05) is 35.3 Å². The molecule has 3 aromatic rings. The molecule has 0 radical (unpaired) electrons. The zero-order chi connectivity index (χ0) is 19.2. The molecule has 1 heterocycles. The Bertz CT molecular complexity index is 902. The SMILES string of the molecule is CCN(CC)c1nc(-c2ccc(NC(=O)c3cccc(OC)c3)cc2)cs1. The molecule has 0 saturated carbocycles. The van der Waals surface area contributed by atoms with Crippen LogP contribution >= 0.6 is 11.3 Å². The van der Waals surface area contributed by atoms with Crippen molar-refractivity contribution in [1.82, 2.24) is 4.98 Å². The highest BCUT2D eigenvalue weighted by Gasteiger charge is 2.10. The minimum Gasteiger partial charge on any atom is -0.497 e. The zero-order valence-corrected chi connectivity index (χ0v) is 16.5. The minimum atomic E-state index is -0.167. The molecule has 0 fully saturated rings. The average molecular weight is 382 g/mol. The number of aromatic nitrogens is 1. The Morgan fingerprint density at radius 3 is 2.56 bits per heavy atom. The van der Waals surface area contributed by atoms with E-state index in [9.17, 15) is 4.79 Å². The number of nitrogens with one attached hydrogen (secondary N) is 1. The van der Waals surface area contributed by atoms with Crippen molar-refractivity contribution < 1.29 is 9.53 Å². The van der Waals surface area contributed by atoms with E-state index in [1.165, 1.54) is 0 Å². The number of carbonyl (C=O) groups excluding carboxylic acids is 1. The van der Waals surface area contributed by atoms with Crippen LogP contribution in [0.1, 0.15) is 24.2 Å². The first-order valence-corrected chi connectivity index (χ1v) is 9.78. The molecule has 1 aromatic heterocycles. The molecule has 0 unspecified atom stereocenters. The molecular weight excluding hydrogens is 358 g/mol. The summed E-state index contributed by atoms with van der Waals surface area (Å²) in [5, 5.41) is 6.01. The molecule has 0 bridgehead atoms. The Hall–Kier alpha value is -2.86. The predicted octanol–water partition coefficient (Wildman–Crippen LogP) is 4.92. The maximum Gasteiger partial charge on any atom is 0.255 e. The molecule has 0 saturated heterocycles. The van der Waals surface area contributed by atoms with Crippen molar-refractivity contribution in [2.75, 3.05) is 30.4 Å². The Labute approximate surface area is 163 Å². The fraction of sp³-hybridized carbons (Fsp3) is 0.238. The standard InChI is InChI=1S/C21H23N3O2S/c1-4-24(5-2)21-23-19(14-27-21)15-9-11-17(12-10-15)22-20(25)16-7-6-8-18(13-16)26-3/h6-14H,4-5H2,1-3H3,(H,22,25). The largest absolute Gasteiger partial charge is 0.497 e. The smallest absolute Gasteiger partial charge is 0.255 e. The van der Waals surface area contributed by atoms with Crippen LogP contribution in [0.15, 0.2) is 53.9 Å². The lowest BCUT2D eigenvalue weighted by atomic mass is 10.1. The van der Waals surface area contributed by atoms with E-state index in [4.69, 9.17) is 9.72 Å². The maximum absolute atomic E-state index is 12.4. The van der Waals surface area contributed by atoms with Gasteiger partial charge in [0.05, 0.1) is 12.8 Å². The van der Waals surface area contributed by atoms with E-state index in [1.54, 1.807) is 36.6 Å². The van der Waals surface area contributed by atoms with Gasteiger partial charge in [-0.1, -0.05) is 18.2 Å². The van der Waals surface area contributed by atoms with Crippen LogP contribution in [0.25, 0.3) is 11.3 Å².